The topological polar surface area (TPSA) is 125 Å². The lowest BCUT2D eigenvalue weighted by Crippen LogP contribution is -2.49. The minimum absolute atomic E-state index is 0.170. The number of aromatic nitrogens is 2. The molecule has 1 fully saturated rings. The van der Waals surface area contributed by atoms with Crippen LogP contribution in [-0.2, 0) is 21.6 Å². The van der Waals surface area contributed by atoms with Crippen LogP contribution in [0.4, 0.5) is 5.82 Å². The number of carbonyl (C=O) groups excluding carboxylic acids is 1. The molecule has 11 heteroatoms. The van der Waals surface area contributed by atoms with Crippen LogP contribution in [0.15, 0.2) is 21.0 Å². The zero-order valence-electron chi connectivity index (χ0n) is 15.5. The number of hydrogen-bond acceptors (Lipinski definition) is 10. The summed E-state index contributed by atoms with van der Waals surface area (Å²) < 4.78 is 15.9. The van der Waals surface area contributed by atoms with Crippen LogP contribution in [0, 0.1) is 5.92 Å². The molecule has 2 aromatic rings. The monoisotopic (exact) mass is 423 g/mol. The van der Waals surface area contributed by atoms with Gasteiger partial charge in [-0.15, -0.1) is 11.3 Å². The van der Waals surface area contributed by atoms with Gasteiger partial charge < -0.3 is 25.0 Å². The maximum absolute atomic E-state index is 12.4. The van der Waals surface area contributed by atoms with E-state index in [0.29, 0.717) is 23.4 Å². The Balaban J connectivity index is 1.54. The van der Waals surface area contributed by atoms with Crippen LogP contribution >= 0.6 is 23.1 Å². The molecule has 150 valence electrons. The molecule has 0 saturated carbocycles. The molecule has 9 nitrogen and oxygen atoms in total. The van der Waals surface area contributed by atoms with Crippen LogP contribution in [0.25, 0.3) is 0 Å². The summed E-state index contributed by atoms with van der Waals surface area (Å²) in [6.07, 6.45) is 1.08. The van der Waals surface area contributed by atoms with E-state index >= 15 is 0 Å². The summed E-state index contributed by atoms with van der Waals surface area (Å²) >= 11 is 3.02. The minimum Gasteiger partial charge on any atom is -0.379 e. The Labute approximate surface area is 170 Å². The molecular weight excluding hydrogens is 402 g/mol. The van der Waals surface area contributed by atoms with E-state index in [1.807, 2.05) is 0 Å². The van der Waals surface area contributed by atoms with Gasteiger partial charge in [-0.05, 0) is 13.3 Å². The molecule has 2 aromatic heterocycles. The number of nitrogens with two attached hydrogens (primary N) is 1. The fraction of sp³-hybridized carbons (Fsp3) is 0.529. The zero-order valence-corrected chi connectivity index (χ0v) is 17.1. The number of anilines is 1. The number of methoxy groups -OCH3 is 1. The Morgan fingerprint density at radius 3 is 3.21 bits per heavy atom. The molecule has 0 radical (unpaired) electrons. The number of fused-ring (bicyclic) bond motifs is 1. The first-order valence-corrected chi connectivity index (χ1v) is 10.7. The van der Waals surface area contributed by atoms with Crippen molar-refractivity contribution >= 4 is 40.0 Å². The average molecular weight is 424 g/mol. The molecule has 3 N–H and O–H groups in total. The molecule has 4 heterocycles. The summed E-state index contributed by atoms with van der Waals surface area (Å²) in [5, 5.41) is 9.65. The number of nitrogens with one attached hydrogen (secondary N) is 1. The van der Waals surface area contributed by atoms with Gasteiger partial charge in [0, 0.05) is 30.2 Å². The van der Waals surface area contributed by atoms with Gasteiger partial charge in [-0.25, -0.2) is 9.98 Å². The summed E-state index contributed by atoms with van der Waals surface area (Å²) in [5.41, 5.74) is 5.61. The number of thiazole rings is 1. The van der Waals surface area contributed by atoms with Crippen molar-refractivity contribution < 1.29 is 18.8 Å². The lowest BCUT2D eigenvalue weighted by Gasteiger charge is -2.44. The first-order chi connectivity index (χ1) is 13.5. The van der Waals surface area contributed by atoms with Crippen LogP contribution < -0.4 is 11.1 Å². The molecule has 0 aromatic carbocycles. The molecule has 2 aliphatic rings. The average Bonchev–Trinajstić information content (AvgIpc) is 3.32. The lowest BCUT2D eigenvalue weighted by molar-refractivity contribution is -0.0466. The van der Waals surface area contributed by atoms with E-state index in [4.69, 9.17) is 24.7 Å². The lowest BCUT2D eigenvalue weighted by atomic mass is 9.80. The van der Waals surface area contributed by atoms with Crippen molar-refractivity contribution in [3.05, 3.63) is 27.9 Å². The van der Waals surface area contributed by atoms with E-state index < -0.39 is 11.4 Å². The van der Waals surface area contributed by atoms with Gasteiger partial charge in [-0.1, -0.05) is 16.9 Å². The Bertz CT molecular complexity index is 898. The normalized spacial score (nSPS) is 27.1. The quantitative estimate of drug-likeness (QED) is 0.750. The molecule has 28 heavy (non-hydrogen) atoms. The second kappa shape index (κ2) is 7.82. The Morgan fingerprint density at radius 2 is 2.39 bits per heavy atom. The van der Waals surface area contributed by atoms with Crippen molar-refractivity contribution in [2.45, 2.75) is 31.6 Å². The van der Waals surface area contributed by atoms with Crippen molar-refractivity contribution in [3.8, 4) is 0 Å². The van der Waals surface area contributed by atoms with Gasteiger partial charge >= 0.3 is 0 Å². The first kappa shape index (κ1) is 19.4. The number of carbonyl (C=O) groups is 1. The Morgan fingerprint density at radius 1 is 1.54 bits per heavy atom. The van der Waals surface area contributed by atoms with E-state index in [0.717, 1.165) is 17.2 Å². The molecule has 0 bridgehead atoms. The first-order valence-electron chi connectivity index (χ1n) is 8.82. The van der Waals surface area contributed by atoms with Gasteiger partial charge in [-0.2, -0.15) is 0 Å². The molecule has 3 atom stereocenters. The van der Waals surface area contributed by atoms with E-state index in [1.54, 1.807) is 30.3 Å². The fourth-order valence-corrected chi connectivity index (χ4v) is 5.39. The number of ether oxygens (including phenoxy) is 2. The fourth-order valence-electron chi connectivity index (χ4n) is 3.42. The maximum Gasteiger partial charge on any atom is 0.279 e. The van der Waals surface area contributed by atoms with Crippen LogP contribution in [0.2, 0.25) is 0 Å². The molecule has 1 unspecified atom stereocenters. The van der Waals surface area contributed by atoms with Crippen LogP contribution in [0.3, 0.4) is 0 Å². The van der Waals surface area contributed by atoms with Crippen molar-refractivity contribution in [1.29, 1.82) is 0 Å². The Kier molecular flexibility index (Phi) is 5.41. The van der Waals surface area contributed by atoms with Crippen molar-refractivity contribution in [2.75, 3.05) is 24.8 Å². The summed E-state index contributed by atoms with van der Waals surface area (Å²) in [4.78, 5) is 21.8. The molecule has 4 rings (SSSR count). The van der Waals surface area contributed by atoms with Gasteiger partial charge in [-0.3, -0.25) is 4.79 Å². The Hall–Kier alpha value is -1.95. The molecule has 1 amide bonds. The van der Waals surface area contributed by atoms with Crippen LogP contribution in [0.1, 0.15) is 34.6 Å². The largest absolute Gasteiger partial charge is 0.379 e. The van der Waals surface area contributed by atoms with Gasteiger partial charge in [0.15, 0.2) is 16.6 Å². The third kappa shape index (κ3) is 3.66. The summed E-state index contributed by atoms with van der Waals surface area (Å²) in [7, 11) is 1.54. The maximum atomic E-state index is 12.4. The van der Waals surface area contributed by atoms with Gasteiger partial charge in [0.05, 0.1) is 12.7 Å². The van der Waals surface area contributed by atoms with Gasteiger partial charge in [0.2, 0.25) is 0 Å². The van der Waals surface area contributed by atoms with E-state index in [2.05, 4.69) is 22.4 Å². The summed E-state index contributed by atoms with van der Waals surface area (Å²) in [6, 6.07) is 1.54. The highest BCUT2D eigenvalue weighted by Crippen LogP contribution is 2.47. The number of amides is 1. The van der Waals surface area contributed by atoms with Crippen molar-refractivity contribution in [3.63, 3.8) is 0 Å². The predicted molar refractivity (Wildman–Crippen MR) is 107 cm³/mol. The highest BCUT2D eigenvalue weighted by atomic mass is 32.2. The van der Waals surface area contributed by atoms with Gasteiger partial charge in [0.1, 0.15) is 23.0 Å². The molecular formula is C17H21N5O4S2. The van der Waals surface area contributed by atoms with Crippen molar-refractivity contribution in [1.82, 2.24) is 10.1 Å². The highest BCUT2D eigenvalue weighted by Gasteiger charge is 2.49. The number of nitrogens with zero attached hydrogens (tertiary/aromatic N) is 3. The number of thioether (sulfide) groups is 1. The molecule has 2 aliphatic heterocycles. The summed E-state index contributed by atoms with van der Waals surface area (Å²) in [6.45, 7) is 2.76. The molecule has 0 spiro atoms. The predicted octanol–water partition coefficient (Wildman–Crippen LogP) is 2.21. The number of rotatable bonds is 5. The third-order valence-corrected chi connectivity index (χ3v) is 6.78. The number of amidine groups is 1. The van der Waals surface area contributed by atoms with Crippen LogP contribution in [-0.4, -0.2) is 46.8 Å². The molecule has 1 saturated heterocycles. The smallest absolute Gasteiger partial charge is 0.279 e. The third-order valence-electron chi connectivity index (χ3n) is 4.82. The second-order valence-electron chi connectivity index (χ2n) is 6.84. The second-order valence-corrected chi connectivity index (χ2v) is 8.74. The number of hydrogen-bond donors (Lipinski definition) is 2. The number of aliphatic imine (C=N–C) groups is 1. The molecule has 0 aliphatic carbocycles. The highest BCUT2D eigenvalue weighted by molar-refractivity contribution is 8.13. The van der Waals surface area contributed by atoms with E-state index in [9.17, 15) is 4.79 Å². The van der Waals surface area contributed by atoms with Crippen molar-refractivity contribution in [2.24, 2.45) is 16.6 Å². The van der Waals surface area contributed by atoms with E-state index in [-0.39, 0.29) is 24.3 Å². The van der Waals surface area contributed by atoms with Crippen LogP contribution in [0.5, 0.6) is 0 Å². The standard InChI is InChI=1S/C17H21N5O4S2/c1-9-3-10-6-28-16(18)21-17(10,8-25-9)15-20-13(7-27-15)19-14(23)12-4-11(5-24-2)26-22-12/h4,7,9-10H,3,5-6,8H2,1-2H3,(H2,18,21)(H,19,23)/t9-,10-,17?/m0/s1. The SMILES string of the molecule is COCc1cc(C(=O)Nc2csc(C34CO[C@@H](C)C[C@H]3CSC(N)=N4)n2)no1. The van der Waals surface area contributed by atoms with E-state index in [1.165, 1.54) is 11.3 Å². The zero-order chi connectivity index (χ0) is 19.7. The minimum atomic E-state index is -0.588. The van der Waals surface area contributed by atoms with Gasteiger partial charge in [0.25, 0.3) is 5.91 Å². The summed E-state index contributed by atoms with van der Waals surface area (Å²) in [5.74, 6) is 1.69.